The molecule has 1 aliphatic rings. The second-order valence-electron chi connectivity index (χ2n) is 7.41. The van der Waals surface area contributed by atoms with E-state index in [2.05, 4.69) is 50.3 Å². The largest absolute Gasteiger partial charge is 0.351 e. The molecule has 4 nitrogen and oxygen atoms in total. The summed E-state index contributed by atoms with van der Waals surface area (Å²) < 4.78 is 3.32. The molecule has 4 rings (SSSR count). The van der Waals surface area contributed by atoms with Gasteiger partial charge < -0.3 is 10.0 Å². The Bertz CT molecular complexity index is 967. The fraction of sp³-hybridized carbons (Fsp3) is 0.250. The predicted molar refractivity (Wildman–Crippen MR) is 129 cm³/mol. The average molecular weight is 437 g/mol. The zero-order chi connectivity index (χ0) is 20.6. The van der Waals surface area contributed by atoms with E-state index in [1.165, 1.54) is 44.1 Å². The third-order valence-electron chi connectivity index (χ3n) is 5.10. The molecule has 1 fully saturated rings. The first-order valence-corrected chi connectivity index (χ1v) is 11.5. The van der Waals surface area contributed by atoms with Gasteiger partial charge in [0, 0.05) is 34.6 Å². The number of nitrogens with zero attached hydrogens (tertiary/aromatic N) is 2. The number of aromatic nitrogens is 2. The van der Waals surface area contributed by atoms with Crippen molar-refractivity contribution in [1.29, 1.82) is 0 Å². The average Bonchev–Trinajstić information content (AvgIpc) is 2.79. The van der Waals surface area contributed by atoms with Crippen LogP contribution in [-0.4, -0.2) is 16.0 Å². The van der Waals surface area contributed by atoms with Crippen molar-refractivity contribution in [1.82, 2.24) is 9.97 Å². The quantitative estimate of drug-likeness (QED) is 0.384. The maximum absolute atomic E-state index is 6.19. The van der Waals surface area contributed by atoms with Crippen LogP contribution in [0.1, 0.15) is 43.2 Å². The van der Waals surface area contributed by atoms with Crippen molar-refractivity contribution in [2.45, 2.75) is 43.0 Å². The molecule has 1 saturated carbocycles. The smallest absolute Gasteiger partial charge is 0.222 e. The van der Waals surface area contributed by atoms with Gasteiger partial charge in [-0.15, -0.1) is 0 Å². The Morgan fingerprint density at radius 1 is 0.867 bits per heavy atom. The van der Waals surface area contributed by atoms with E-state index in [0.717, 1.165) is 32.7 Å². The van der Waals surface area contributed by atoms with Crippen molar-refractivity contribution >= 4 is 47.3 Å². The Kier molecular flexibility index (Phi) is 7.27. The first kappa shape index (κ1) is 20.8. The summed E-state index contributed by atoms with van der Waals surface area (Å²) in [6.07, 6.45) is 14.2. The lowest BCUT2D eigenvalue weighted by atomic mass is 9.96. The number of hydrogen-bond donors (Lipinski definition) is 2. The monoisotopic (exact) mass is 436 g/mol. The van der Waals surface area contributed by atoms with Gasteiger partial charge in [0.2, 0.25) is 5.95 Å². The van der Waals surface area contributed by atoms with E-state index in [4.69, 9.17) is 11.6 Å². The minimum absolute atomic E-state index is 0.517. The second kappa shape index (κ2) is 10.5. The molecule has 0 spiro atoms. The summed E-state index contributed by atoms with van der Waals surface area (Å²) in [6.45, 7) is 0. The third-order valence-corrected chi connectivity index (χ3v) is 6.46. The molecule has 0 radical (unpaired) electrons. The zero-order valence-corrected chi connectivity index (χ0v) is 18.3. The van der Waals surface area contributed by atoms with Crippen molar-refractivity contribution in [2.75, 3.05) is 10.0 Å². The highest BCUT2D eigenvalue weighted by molar-refractivity contribution is 8.00. The van der Waals surface area contributed by atoms with Crippen LogP contribution in [0, 0.1) is 0 Å². The van der Waals surface area contributed by atoms with Gasteiger partial charge in [-0.3, -0.25) is 0 Å². The van der Waals surface area contributed by atoms with Crippen LogP contribution in [0.15, 0.2) is 65.8 Å². The fourth-order valence-corrected chi connectivity index (χ4v) is 4.35. The van der Waals surface area contributed by atoms with Crippen LogP contribution in [0.4, 0.5) is 11.6 Å². The lowest BCUT2D eigenvalue weighted by Crippen LogP contribution is -2.23. The molecule has 6 heteroatoms. The highest BCUT2D eigenvalue weighted by Crippen LogP contribution is 2.28. The van der Waals surface area contributed by atoms with E-state index in [1.54, 1.807) is 0 Å². The van der Waals surface area contributed by atoms with Crippen molar-refractivity contribution in [2.24, 2.45) is 0 Å². The van der Waals surface area contributed by atoms with Gasteiger partial charge in [0.1, 0.15) is 0 Å². The number of hydrogen-bond acceptors (Lipinski definition) is 5. The Balaban J connectivity index is 1.30. The highest BCUT2D eigenvalue weighted by atomic mass is 35.5. The van der Waals surface area contributed by atoms with Gasteiger partial charge in [-0.2, -0.15) is 0 Å². The first-order chi connectivity index (χ1) is 14.8. The summed E-state index contributed by atoms with van der Waals surface area (Å²) >= 11 is 7.70. The summed E-state index contributed by atoms with van der Waals surface area (Å²) in [5, 5.41) is 4.20. The van der Waals surface area contributed by atoms with Gasteiger partial charge in [-0.05, 0) is 54.6 Å². The van der Waals surface area contributed by atoms with Gasteiger partial charge in [-0.1, -0.05) is 67.3 Å². The van der Waals surface area contributed by atoms with E-state index in [-0.39, 0.29) is 0 Å². The van der Waals surface area contributed by atoms with E-state index >= 15 is 0 Å². The van der Waals surface area contributed by atoms with Crippen molar-refractivity contribution in [3.05, 3.63) is 77.1 Å². The van der Waals surface area contributed by atoms with Gasteiger partial charge >= 0.3 is 0 Å². The van der Waals surface area contributed by atoms with Crippen LogP contribution >= 0.6 is 23.5 Å². The third kappa shape index (κ3) is 6.00. The normalized spacial score (nSPS) is 14.7. The number of halogens is 1. The standard InChI is InChI=1S/C24H25ClN4S/c25-22-8-4-5-9-23(22)30-29-21-14-12-18(13-15-21)10-11-19-16-26-24(27-17-19)28-20-6-2-1-3-7-20/h4-5,8-17,20,29H,1-3,6-7H2,(H,26,27,28)/b11-10+. The van der Waals surface area contributed by atoms with Crippen molar-refractivity contribution < 1.29 is 0 Å². The fourth-order valence-electron chi connectivity index (χ4n) is 3.42. The number of rotatable bonds is 7. The van der Waals surface area contributed by atoms with Crippen LogP contribution in [0.3, 0.4) is 0 Å². The van der Waals surface area contributed by atoms with E-state index < -0.39 is 0 Å². The number of benzene rings is 2. The predicted octanol–water partition coefficient (Wildman–Crippen LogP) is 7.16. The Labute approximate surface area is 187 Å². The molecule has 0 saturated heterocycles. The van der Waals surface area contributed by atoms with E-state index in [0.29, 0.717) is 6.04 Å². The van der Waals surface area contributed by atoms with Gasteiger partial charge in [0.05, 0.1) is 5.02 Å². The summed E-state index contributed by atoms with van der Waals surface area (Å²) in [4.78, 5) is 9.93. The lowest BCUT2D eigenvalue weighted by molar-refractivity contribution is 0.461. The minimum atomic E-state index is 0.517. The Morgan fingerprint density at radius 3 is 2.30 bits per heavy atom. The van der Waals surface area contributed by atoms with Gasteiger partial charge in [0.25, 0.3) is 0 Å². The molecule has 0 atom stereocenters. The molecule has 0 bridgehead atoms. The zero-order valence-electron chi connectivity index (χ0n) is 16.7. The Morgan fingerprint density at radius 2 is 1.57 bits per heavy atom. The van der Waals surface area contributed by atoms with Gasteiger partial charge in [0.15, 0.2) is 0 Å². The molecule has 1 heterocycles. The summed E-state index contributed by atoms with van der Waals surface area (Å²) in [7, 11) is 0. The Hall–Kier alpha value is -2.50. The second-order valence-corrected chi connectivity index (χ2v) is 8.66. The molecule has 30 heavy (non-hydrogen) atoms. The molecular formula is C24H25ClN4S. The molecule has 154 valence electrons. The summed E-state index contributed by atoms with van der Waals surface area (Å²) in [5.74, 6) is 0.727. The molecule has 0 unspecified atom stereocenters. The van der Waals surface area contributed by atoms with Crippen molar-refractivity contribution in [3.63, 3.8) is 0 Å². The number of nitrogens with one attached hydrogen (secondary N) is 2. The van der Waals surface area contributed by atoms with Crippen LogP contribution in [-0.2, 0) is 0 Å². The van der Waals surface area contributed by atoms with Crippen molar-refractivity contribution in [3.8, 4) is 0 Å². The molecule has 0 aliphatic heterocycles. The molecule has 2 aromatic carbocycles. The molecule has 0 amide bonds. The molecule has 2 N–H and O–H groups in total. The molecule has 1 aliphatic carbocycles. The maximum Gasteiger partial charge on any atom is 0.222 e. The van der Waals surface area contributed by atoms with E-state index in [1.807, 2.05) is 42.7 Å². The SMILES string of the molecule is Clc1ccccc1SNc1ccc(/C=C/c2cnc(NC3CCCCC3)nc2)cc1. The molecule has 3 aromatic rings. The lowest BCUT2D eigenvalue weighted by Gasteiger charge is -2.22. The highest BCUT2D eigenvalue weighted by Gasteiger charge is 2.13. The molecular weight excluding hydrogens is 412 g/mol. The topological polar surface area (TPSA) is 49.8 Å². The summed E-state index contributed by atoms with van der Waals surface area (Å²) in [6, 6.07) is 16.6. The maximum atomic E-state index is 6.19. The number of anilines is 2. The molecule has 1 aromatic heterocycles. The van der Waals surface area contributed by atoms with Crippen LogP contribution in [0.2, 0.25) is 5.02 Å². The van der Waals surface area contributed by atoms with Crippen LogP contribution in [0.25, 0.3) is 12.2 Å². The minimum Gasteiger partial charge on any atom is -0.351 e. The van der Waals surface area contributed by atoms with Crippen LogP contribution < -0.4 is 10.0 Å². The van der Waals surface area contributed by atoms with Gasteiger partial charge in [-0.25, -0.2) is 9.97 Å². The van der Waals surface area contributed by atoms with E-state index in [9.17, 15) is 0 Å². The summed E-state index contributed by atoms with van der Waals surface area (Å²) in [5.41, 5.74) is 3.13. The first-order valence-electron chi connectivity index (χ1n) is 10.3. The van der Waals surface area contributed by atoms with Crippen LogP contribution in [0.5, 0.6) is 0 Å².